The molecular weight excluding hydrogens is 268 g/mol. The van der Waals surface area contributed by atoms with Crippen LogP contribution in [0.1, 0.15) is 51.9 Å². The number of carbonyl (C=O) groups is 2. The quantitative estimate of drug-likeness (QED) is 0.798. The number of ether oxygens (including phenoxy) is 1. The van der Waals surface area contributed by atoms with Gasteiger partial charge >= 0.3 is 0 Å². The number of nitrogens with zero attached hydrogens (tertiary/aromatic N) is 1. The van der Waals surface area contributed by atoms with Gasteiger partial charge in [0, 0.05) is 25.1 Å². The summed E-state index contributed by atoms with van der Waals surface area (Å²) < 4.78 is 5.93. The molecule has 0 aromatic carbocycles. The lowest BCUT2D eigenvalue weighted by Crippen LogP contribution is -2.66. The van der Waals surface area contributed by atoms with Crippen molar-refractivity contribution in [2.24, 2.45) is 5.41 Å². The summed E-state index contributed by atoms with van der Waals surface area (Å²) in [5.74, 6) is -0.151. The third-order valence-corrected chi connectivity index (χ3v) is 5.72. The van der Waals surface area contributed by atoms with Crippen molar-refractivity contribution in [1.82, 2.24) is 10.2 Å². The molecule has 3 fully saturated rings. The third-order valence-electron chi connectivity index (χ3n) is 5.72. The smallest absolute Gasteiger partial charge is 0.246 e. The topological polar surface area (TPSA) is 58.6 Å². The molecule has 1 heterocycles. The second kappa shape index (κ2) is 5.69. The summed E-state index contributed by atoms with van der Waals surface area (Å²) in [5.41, 5.74) is 0.193. The van der Waals surface area contributed by atoms with Gasteiger partial charge in [0.1, 0.15) is 0 Å². The third kappa shape index (κ3) is 2.40. The molecule has 0 aromatic rings. The molecule has 5 heteroatoms. The molecule has 1 saturated heterocycles. The predicted molar refractivity (Wildman–Crippen MR) is 78.7 cm³/mol. The molecule has 3 aliphatic rings. The summed E-state index contributed by atoms with van der Waals surface area (Å²) in [4.78, 5) is 25.0. The minimum Gasteiger partial charge on any atom is -0.378 e. The van der Waals surface area contributed by atoms with Crippen molar-refractivity contribution in [2.75, 3.05) is 13.7 Å². The Balaban J connectivity index is 1.68. The van der Waals surface area contributed by atoms with Crippen molar-refractivity contribution in [3.05, 3.63) is 0 Å². The number of carbonyl (C=O) groups excluding carboxylic acids is 2. The van der Waals surface area contributed by atoms with Gasteiger partial charge in [-0.15, -0.1) is 0 Å². The molecule has 2 amide bonds. The summed E-state index contributed by atoms with van der Waals surface area (Å²) in [6, 6.07) is -0.00326. The van der Waals surface area contributed by atoms with Crippen LogP contribution in [0.2, 0.25) is 0 Å². The lowest BCUT2D eigenvalue weighted by atomic mass is 9.55. The Kier molecular flexibility index (Phi) is 4.06. The van der Waals surface area contributed by atoms with Crippen molar-refractivity contribution >= 4 is 11.8 Å². The standard InChI is InChI=1S/C16H26N2O3/c1-3-21-13-10-12(16(13)7-5-4-6-8-16)17-11-9-14(19)18(2)15(11)20/h11-13,17H,3-10H2,1-2H3. The van der Waals surface area contributed by atoms with E-state index in [1.54, 1.807) is 7.05 Å². The molecule has 3 atom stereocenters. The molecule has 0 bridgehead atoms. The van der Waals surface area contributed by atoms with Gasteiger partial charge in [-0.25, -0.2) is 0 Å². The molecule has 1 aliphatic heterocycles. The van der Waals surface area contributed by atoms with E-state index in [4.69, 9.17) is 4.74 Å². The van der Waals surface area contributed by atoms with E-state index in [1.165, 1.54) is 37.0 Å². The zero-order valence-electron chi connectivity index (χ0n) is 13.1. The SMILES string of the molecule is CCOC1CC(NC2CC(=O)N(C)C2=O)C12CCCCC2. The Hall–Kier alpha value is -0.940. The number of likely N-dealkylation sites (N-methyl/N-ethyl adjacent to an activating group) is 1. The Morgan fingerprint density at radius 3 is 2.57 bits per heavy atom. The van der Waals surface area contributed by atoms with Crippen LogP contribution in [0.5, 0.6) is 0 Å². The highest BCUT2D eigenvalue weighted by Gasteiger charge is 2.56. The van der Waals surface area contributed by atoms with Crippen molar-refractivity contribution in [1.29, 1.82) is 0 Å². The fraction of sp³-hybridized carbons (Fsp3) is 0.875. The van der Waals surface area contributed by atoms with Crippen LogP contribution in [0.15, 0.2) is 0 Å². The second-order valence-electron chi connectivity index (χ2n) is 6.74. The number of likely N-dealkylation sites (tertiary alicyclic amines) is 1. The molecule has 5 nitrogen and oxygen atoms in total. The van der Waals surface area contributed by atoms with E-state index in [0.717, 1.165) is 13.0 Å². The highest BCUT2D eigenvalue weighted by atomic mass is 16.5. The van der Waals surface area contributed by atoms with E-state index in [9.17, 15) is 9.59 Å². The largest absolute Gasteiger partial charge is 0.378 e. The summed E-state index contributed by atoms with van der Waals surface area (Å²) in [6.07, 6.45) is 7.76. The van der Waals surface area contributed by atoms with Gasteiger partial charge in [-0.2, -0.15) is 0 Å². The number of nitrogens with one attached hydrogen (secondary N) is 1. The second-order valence-corrected chi connectivity index (χ2v) is 6.74. The molecule has 1 N–H and O–H groups in total. The van der Waals surface area contributed by atoms with Crippen molar-refractivity contribution < 1.29 is 14.3 Å². The van der Waals surface area contributed by atoms with Gasteiger partial charge in [0.05, 0.1) is 18.6 Å². The fourth-order valence-electron chi connectivity index (χ4n) is 4.43. The molecule has 0 radical (unpaired) electrons. The Bertz CT molecular complexity index is 431. The van der Waals surface area contributed by atoms with Gasteiger partial charge in [0.25, 0.3) is 0 Å². The van der Waals surface area contributed by atoms with Crippen LogP contribution >= 0.6 is 0 Å². The predicted octanol–water partition coefficient (Wildman–Crippen LogP) is 1.46. The first kappa shape index (κ1) is 15.0. The highest BCUT2D eigenvalue weighted by Crippen LogP contribution is 2.53. The minimum atomic E-state index is -0.325. The van der Waals surface area contributed by atoms with Crippen LogP contribution in [0.4, 0.5) is 0 Å². The van der Waals surface area contributed by atoms with Gasteiger partial charge in [0.2, 0.25) is 11.8 Å². The van der Waals surface area contributed by atoms with Gasteiger partial charge in [-0.1, -0.05) is 19.3 Å². The molecular formula is C16H26N2O3. The molecule has 3 rings (SSSR count). The van der Waals surface area contributed by atoms with Crippen LogP contribution < -0.4 is 5.32 Å². The van der Waals surface area contributed by atoms with E-state index in [-0.39, 0.29) is 23.3 Å². The monoisotopic (exact) mass is 294 g/mol. The van der Waals surface area contributed by atoms with Gasteiger partial charge in [-0.3, -0.25) is 14.5 Å². The zero-order valence-corrected chi connectivity index (χ0v) is 13.1. The lowest BCUT2D eigenvalue weighted by molar-refractivity contribution is -0.154. The summed E-state index contributed by atoms with van der Waals surface area (Å²) in [6.45, 7) is 2.80. The maximum atomic E-state index is 12.1. The number of rotatable bonds is 4. The average molecular weight is 294 g/mol. The van der Waals surface area contributed by atoms with Crippen LogP contribution in [0.25, 0.3) is 0 Å². The van der Waals surface area contributed by atoms with Crippen molar-refractivity contribution in [3.63, 3.8) is 0 Å². The molecule has 2 aliphatic carbocycles. The van der Waals surface area contributed by atoms with Crippen molar-refractivity contribution in [3.8, 4) is 0 Å². The first-order valence-corrected chi connectivity index (χ1v) is 8.26. The van der Waals surface area contributed by atoms with E-state index in [2.05, 4.69) is 5.32 Å². The zero-order chi connectivity index (χ0) is 15.0. The first-order chi connectivity index (χ1) is 10.1. The van der Waals surface area contributed by atoms with E-state index < -0.39 is 0 Å². The van der Waals surface area contributed by atoms with E-state index in [1.807, 2.05) is 6.92 Å². The Labute approximate surface area is 126 Å². The van der Waals surface area contributed by atoms with Crippen LogP contribution in [-0.4, -0.2) is 48.6 Å². The molecule has 2 saturated carbocycles. The fourth-order valence-corrected chi connectivity index (χ4v) is 4.43. The minimum absolute atomic E-state index is 0.0733. The Morgan fingerprint density at radius 1 is 1.29 bits per heavy atom. The highest BCUT2D eigenvalue weighted by molar-refractivity contribution is 6.05. The molecule has 0 aromatic heterocycles. The molecule has 3 unspecified atom stereocenters. The van der Waals surface area contributed by atoms with Gasteiger partial charge < -0.3 is 10.1 Å². The van der Waals surface area contributed by atoms with Crippen LogP contribution in [0.3, 0.4) is 0 Å². The first-order valence-electron chi connectivity index (χ1n) is 8.26. The van der Waals surface area contributed by atoms with Gasteiger partial charge in [-0.05, 0) is 26.2 Å². The lowest BCUT2D eigenvalue weighted by Gasteiger charge is -2.58. The normalized spacial score (nSPS) is 35.3. The van der Waals surface area contributed by atoms with E-state index >= 15 is 0 Å². The Morgan fingerprint density at radius 2 is 2.00 bits per heavy atom. The maximum Gasteiger partial charge on any atom is 0.246 e. The number of imide groups is 1. The molecule has 1 spiro atoms. The molecule has 118 valence electrons. The van der Waals surface area contributed by atoms with Gasteiger partial charge in [0.15, 0.2) is 0 Å². The van der Waals surface area contributed by atoms with Crippen LogP contribution in [0, 0.1) is 5.41 Å². The van der Waals surface area contributed by atoms with Crippen molar-refractivity contribution in [2.45, 2.75) is 70.1 Å². The van der Waals surface area contributed by atoms with Crippen LogP contribution in [-0.2, 0) is 14.3 Å². The molecule has 21 heavy (non-hydrogen) atoms. The summed E-state index contributed by atoms with van der Waals surface area (Å²) in [5, 5.41) is 3.48. The number of amides is 2. The number of hydrogen-bond acceptors (Lipinski definition) is 4. The summed E-state index contributed by atoms with van der Waals surface area (Å²) in [7, 11) is 1.58. The van der Waals surface area contributed by atoms with E-state index in [0.29, 0.717) is 18.6 Å². The average Bonchev–Trinajstić information content (AvgIpc) is 2.74. The number of hydrogen-bond donors (Lipinski definition) is 1. The summed E-state index contributed by atoms with van der Waals surface area (Å²) >= 11 is 0. The maximum absolute atomic E-state index is 12.1.